The lowest BCUT2D eigenvalue weighted by Gasteiger charge is -2.32. The van der Waals surface area contributed by atoms with Gasteiger partial charge in [0.2, 0.25) is 11.8 Å². The highest BCUT2D eigenvalue weighted by Crippen LogP contribution is 2.25. The Kier molecular flexibility index (Phi) is 5.05. The number of aromatic nitrogens is 2. The normalized spacial score (nSPS) is 17.7. The molecule has 1 aliphatic rings. The minimum absolute atomic E-state index is 0.211. The van der Waals surface area contributed by atoms with Crippen molar-refractivity contribution in [1.29, 1.82) is 0 Å². The quantitative estimate of drug-likeness (QED) is 0.802. The Morgan fingerprint density at radius 2 is 1.92 bits per heavy atom. The van der Waals surface area contributed by atoms with Gasteiger partial charge < -0.3 is 4.42 Å². The van der Waals surface area contributed by atoms with Gasteiger partial charge in [0.15, 0.2) is 0 Å². The Balaban J connectivity index is 1.59. The summed E-state index contributed by atoms with van der Waals surface area (Å²) in [6.07, 6.45) is 0. The number of hydrogen-bond acceptors (Lipinski definition) is 7. The van der Waals surface area contributed by atoms with Gasteiger partial charge in [-0.25, -0.2) is 8.42 Å². The first-order valence-corrected chi connectivity index (χ1v) is 10.2. The fourth-order valence-corrected chi connectivity index (χ4v) is 5.42. The van der Waals surface area contributed by atoms with Crippen molar-refractivity contribution in [2.45, 2.75) is 37.4 Å². The summed E-state index contributed by atoms with van der Waals surface area (Å²) in [6, 6.07) is 3.53. The van der Waals surface area contributed by atoms with Crippen LogP contribution in [0.2, 0.25) is 0 Å². The summed E-state index contributed by atoms with van der Waals surface area (Å²) in [5, 5.41) is 8.09. The Bertz CT molecular complexity index is 789. The maximum atomic E-state index is 12.6. The van der Waals surface area contributed by atoms with E-state index in [4.69, 9.17) is 4.42 Å². The van der Waals surface area contributed by atoms with E-state index in [0.29, 0.717) is 48.7 Å². The molecule has 0 amide bonds. The molecule has 2 aromatic heterocycles. The van der Waals surface area contributed by atoms with Gasteiger partial charge in [-0.05, 0) is 19.1 Å². The number of hydrogen-bond donors (Lipinski definition) is 0. The van der Waals surface area contributed by atoms with E-state index in [0.717, 1.165) is 4.88 Å². The number of rotatable bonds is 5. The van der Waals surface area contributed by atoms with E-state index < -0.39 is 10.0 Å². The standard InChI is InChI=1S/C15H22N4O3S2/c1-11(2)15-17-16-13(22-15)10-18-6-8-19(9-7-18)24(20,21)14-5-4-12(3)23-14/h4-5,11H,6-10H2,1-3H3. The molecule has 1 fully saturated rings. The van der Waals surface area contributed by atoms with Gasteiger partial charge in [-0.3, -0.25) is 4.90 Å². The van der Waals surface area contributed by atoms with Gasteiger partial charge in [-0.15, -0.1) is 21.5 Å². The number of aryl methyl sites for hydroxylation is 1. The van der Waals surface area contributed by atoms with E-state index in [-0.39, 0.29) is 5.92 Å². The first kappa shape index (κ1) is 17.5. The molecule has 0 aromatic carbocycles. The van der Waals surface area contributed by atoms with Crippen molar-refractivity contribution in [1.82, 2.24) is 19.4 Å². The molecular weight excluding hydrogens is 348 g/mol. The second-order valence-electron chi connectivity index (χ2n) is 6.23. The third-order valence-electron chi connectivity index (χ3n) is 3.98. The predicted octanol–water partition coefficient (Wildman–Crippen LogP) is 2.07. The molecule has 0 spiro atoms. The Morgan fingerprint density at radius 3 is 2.46 bits per heavy atom. The van der Waals surface area contributed by atoms with E-state index in [1.807, 2.05) is 26.8 Å². The molecule has 132 valence electrons. The van der Waals surface area contributed by atoms with Gasteiger partial charge >= 0.3 is 0 Å². The molecule has 0 atom stereocenters. The summed E-state index contributed by atoms with van der Waals surface area (Å²) >= 11 is 1.32. The molecule has 3 heterocycles. The van der Waals surface area contributed by atoms with Crippen LogP contribution in [0.5, 0.6) is 0 Å². The van der Waals surface area contributed by atoms with Crippen molar-refractivity contribution in [3.63, 3.8) is 0 Å². The summed E-state index contributed by atoms with van der Waals surface area (Å²) in [6.45, 7) is 8.75. The maximum Gasteiger partial charge on any atom is 0.252 e. The summed E-state index contributed by atoms with van der Waals surface area (Å²) in [5.41, 5.74) is 0. The van der Waals surface area contributed by atoms with E-state index >= 15 is 0 Å². The molecule has 9 heteroatoms. The van der Waals surface area contributed by atoms with Crippen molar-refractivity contribution >= 4 is 21.4 Å². The highest BCUT2D eigenvalue weighted by Gasteiger charge is 2.30. The molecule has 24 heavy (non-hydrogen) atoms. The molecule has 0 aliphatic carbocycles. The smallest absolute Gasteiger partial charge is 0.252 e. The Hall–Kier alpha value is -1.29. The maximum absolute atomic E-state index is 12.6. The predicted molar refractivity (Wildman–Crippen MR) is 91.5 cm³/mol. The highest BCUT2D eigenvalue weighted by atomic mass is 32.2. The summed E-state index contributed by atoms with van der Waals surface area (Å²) < 4.78 is 32.8. The molecule has 0 unspecified atom stereocenters. The minimum atomic E-state index is -3.37. The zero-order valence-electron chi connectivity index (χ0n) is 14.1. The lowest BCUT2D eigenvalue weighted by Crippen LogP contribution is -2.48. The van der Waals surface area contributed by atoms with Crippen LogP contribution >= 0.6 is 11.3 Å². The van der Waals surface area contributed by atoms with Gasteiger partial charge in [0.25, 0.3) is 10.0 Å². The molecule has 1 saturated heterocycles. The molecular formula is C15H22N4O3S2. The topological polar surface area (TPSA) is 79.5 Å². The molecule has 7 nitrogen and oxygen atoms in total. The second-order valence-corrected chi connectivity index (χ2v) is 9.69. The number of sulfonamides is 1. The van der Waals surface area contributed by atoms with Gasteiger partial charge in [-0.2, -0.15) is 4.31 Å². The van der Waals surface area contributed by atoms with Crippen LogP contribution in [0.4, 0.5) is 0 Å². The average Bonchev–Trinajstić information content (AvgIpc) is 3.17. The van der Waals surface area contributed by atoms with Crippen LogP contribution < -0.4 is 0 Å². The number of nitrogens with zero attached hydrogens (tertiary/aromatic N) is 4. The molecule has 2 aromatic rings. The van der Waals surface area contributed by atoms with Crippen molar-refractivity contribution in [3.8, 4) is 0 Å². The van der Waals surface area contributed by atoms with Crippen molar-refractivity contribution < 1.29 is 12.8 Å². The third-order valence-corrected chi connectivity index (χ3v) is 7.34. The first-order chi connectivity index (χ1) is 11.4. The van der Waals surface area contributed by atoms with Crippen LogP contribution in [0, 0.1) is 6.92 Å². The van der Waals surface area contributed by atoms with Crippen molar-refractivity contribution in [2.24, 2.45) is 0 Å². The lowest BCUT2D eigenvalue weighted by atomic mass is 10.2. The molecule has 0 radical (unpaired) electrons. The van der Waals surface area contributed by atoms with Gasteiger partial charge in [0.1, 0.15) is 4.21 Å². The number of thiophene rings is 1. The first-order valence-electron chi connectivity index (χ1n) is 7.97. The van der Waals surface area contributed by atoms with E-state index in [2.05, 4.69) is 15.1 Å². The van der Waals surface area contributed by atoms with E-state index in [9.17, 15) is 8.42 Å². The summed E-state index contributed by atoms with van der Waals surface area (Å²) in [4.78, 5) is 3.15. The molecule has 0 saturated carbocycles. The Labute approximate surface area is 146 Å². The van der Waals surface area contributed by atoms with Crippen LogP contribution in [0.15, 0.2) is 20.8 Å². The van der Waals surface area contributed by atoms with Crippen LogP contribution in [0.1, 0.15) is 36.4 Å². The third kappa shape index (κ3) is 3.69. The lowest BCUT2D eigenvalue weighted by molar-refractivity contribution is 0.167. The molecule has 3 rings (SSSR count). The van der Waals surface area contributed by atoms with E-state index in [1.165, 1.54) is 11.3 Å². The van der Waals surface area contributed by atoms with Crippen LogP contribution in [0.25, 0.3) is 0 Å². The molecule has 0 N–H and O–H groups in total. The van der Waals surface area contributed by atoms with Gasteiger partial charge in [-0.1, -0.05) is 13.8 Å². The average molecular weight is 371 g/mol. The fraction of sp³-hybridized carbons (Fsp3) is 0.600. The van der Waals surface area contributed by atoms with Crippen LogP contribution in [0.3, 0.4) is 0 Å². The second kappa shape index (κ2) is 6.91. The molecule has 0 bridgehead atoms. The zero-order valence-corrected chi connectivity index (χ0v) is 15.7. The van der Waals surface area contributed by atoms with Gasteiger partial charge in [0, 0.05) is 37.0 Å². The zero-order chi connectivity index (χ0) is 17.3. The highest BCUT2D eigenvalue weighted by molar-refractivity contribution is 7.91. The molecule has 1 aliphatic heterocycles. The van der Waals surface area contributed by atoms with Crippen LogP contribution in [-0.4, -0.2) is 54.0 Å². The van der Waals surface area contributed by atoms with E-state index in [1.54, 1.807) is 10.4 Å². The fourth-order valence-electron chi connectivity index (χ4n) is 2.56. The summed E-state index contributed by atoms with van der Waals surface area (Å²) in [7, 11) is -3.37. The van der Waals surface area contributed by atoms with Gasteiger partial charge in [0.05, 0.1) is 6.54 Å². The largest absolute Gasteiger partial charge is 0.424 e. The summed E-state index contributed by atoms with van der Waals surface area (Å²) in [5.74, 6) is 1.44. The minimum Gasteiger partial charge on any atom is -0.424 e. The van der Waals surface area contributed by atoms with Crippen molar-refractivity contribution in [2.75, 3.05) is 26.2 Å². The van der Waals surface area contributed by atoms with Crippen LogP contribution in [-0.2, 0) is 16.6 Å². The van der Waals surface area contributed by atoms with Crippen molar-refractivity contribution in [3.05, 3.63) is 28.8 Å². The SMILES string of the molecule is Cc1ccc(S(=O)(=O)N2CCN(Cc3nnc(C(C)C)o3)CC2)s1. The monoisotopic (exact) mass is 370 g/mol. The Morgan fingerprint density at radius 1 is 1.21 bits per heavy atom. The number of piperazine rings is 1.